The number of allylic oxidation sites excluding steroid dienone is 10. The Hall–Kier alpha value is -2.97. The first-order valence-electron chi connectivity index (χ1n) is 22.3. The van der Waals surface area contributed by atoms with E-state index in [2.05, 4.69) is 74.6 Å². The van der Waals surface area contributed by atoms with E-state index in [-0.39, 0.29) is 42.7 Å². The van der Waals surface area contributed by atoms with E-state index in [4.69, 9.17) is 14.2 Å². The van der Waals surface area contributed by atoms with Gasteiger partial charge in [-0.25, -0.2) is 4.79 Å². The zero-order valence-corrected chi connectivity index (χ0v) is 36.6. The van der Waals surface area contributed by atoms with Gasteiger partial charge >= 0.3 is 17.9 Å². The summed E-state index contributed by atoms with van der Waals surface area (Å²) in [7, 11) is 5.50. The number of likely N-dealkylation sites (N-methyl/N-ethyl adjacent to an activating group) is 1. The van der Waals surface area contributed by atoms with Crippen molar-refractivity contribution in [1.82, 2.24) is 0 Å². The van der Waals surface area contributed by atoms with Crippen LogP contribution in [0.5, 0.6) is 0 Å². The van der Waals surface area contributed by atoms with E-state index in [0.717, 1.165) is 57.8 Å². The third kappa shape index (κ3) is 36.7. The second-order valence-electron chi connectivity index (χ2n) is 16.0. The van der Waals surface area contributed by atoms with Gasteiger partial charge in [0.1, 0.15) is 6.61 Å². The van der Waals surface area contributed by atoms with Crippen LogP contribution in [0.25, 0.3) is 0 Å². The van der Waals surface area contributed by atoms with Gasteiger partial charge in [0.25, 0.3) is 0 Å². The maximum Gasteiger partial charge on any atom is 0.362 e. The number of rotatable bonds is 39. The van der Waals surface area contributed by atoms with Crippen molar-refractivity contribution in [2.24, 2.45) is 0 Å². The quantitative estimate of drug-likeness (QED) is 0.0218. The first kappa shape index (κ1) is 53.0. The highest BCUT2D eigenvalue weighted by molar-refractivity contribution is 5.72. The standard InChI is InChI=1S/C48H83NO7/c1-6-8-10-12-14-16-18-20-22-23-25-27-29-31-33-35-37-39-47(51)56-44(42-54-41-40-45(48(52)53)49(3,4)5)43-55-46(50)38-36-34-32-30-28-26-24-21-19-17-15-13-11-9-7-2/h15,17,19-22,25,27,31,33,44-45H,6-14,16,18,23-24,26,28-30,32,34-43H2,1-5H3/p+1/b17-15+,21-19+,22-20+,27-25+,33-31+. The molecule has 0 saturated carbocycles. The van der Waals surface area contributed by atoms with Crippen molar-refractivity contribution in [2.75, 3.05) is 41.0 Å². The molecule has 0 amide bonds. The maximum atomic E-state index is 12.7. The van der Waals surface area contributed by atoms with Crippen molar-refractivity contribution >= 4 is 17.9 Å². The predicted octanol–water partition coefficient (Wildman–Crippen LogP) is 12.2. The topological polar surface area (TPSA) is 99.1 Å². The van der Waals surface area contributed by atoms with E-state index in [9.17, 15) is 19.5 Å². The lowest BCUT2D eigenvalue weighted by atomic mass is 10.1. The highest BCUT2D eigenvalue weighted by Crippen LogP contribution is 2.12. The van der Waals surface area contributed by atoms with Gasteiger partial charge in [0.2, 0.25) is 0 Å². The SMILES string of the molecule is CCCCC/C=C/C=C/CCCCCCCCC(=O)OCC(COCCC(C(=O)O)[N+](C)(C)C)OC(=O)CCC/C=C/C/C=C/C/C=C/CCCCCCCC. The van der Waals surface area contributed by atoms with E-state index in [0.29, 0.717) is 19.3 Å². The average Bonchev–Trinajstić information content (AvgIpc) is 3.15. The maximum absolute atomic E-state index is 12.7. The molecule has 0 rings (SSSR count). The van der Waals surface area contributed by atoms with Crippen molar-refractivity contribution in [3.05, 3.63) is 60.8 Å². The molecule has 0 radical (unpaired) electrons. The molecule has 2 unspecified atom stereocenters. The van der Waals surface area contributed by atoms with Gasteiger partial charge in [0.05, 0.1) is 34.4 Å². The van der Waals surface area contributed by atoms with Crippen LogP contribution in [-0.2, 0) is 28.6 Å². The smallest absolute Gasteiger partial charge is 0.362 e. The van der Waals surface area contributed by atoms with Crippen LogP contribution >= 0.6 is 0 Å². The number of hydrogen-bond acceptors (Lipinski definition) is 6. The van der Waals surface area contributed by atoms with Crippen LogP contribution in [-0.4, -0.2) is 80.6 Å². The molecule has 0 bridgehead atoms. The molecular formula is C48H84NO7+. The van der Waals surface area contributed by atoms with Crippen LogP contribution in [0.2, 0.25) is 0 Å². The Balaban J connectivity index is 4.46. The van der Waals surface area contributed by atoms with Crippen LogP contribution in [0.4, 0.5) is 0 Å². The molecule has 56 heavy (non-hydrogen) atoms. The monoisotopic (exact) mass is 787 g/mol. The van der Waals surface area contributed by atoms with Crippen molar-refractivity contribution in [3.8, 4) is 0 Å². The minimum Gasteiger partial charge on any atom is -0.477 e. The molecule has 0 aliphatic carbocycles. The molecule has 0 heterocycles. The Kier molecular flexibility index (Phi) is 36.8. The Labute approximate surface area is 343 Å². The summed E-state index contributed by atoms with van der Waals surface area (Å²) < 4.78 is 17.2. The number of carbonyl (C=O) groups excluding carboxylic acids is 2. The molecule has 0 aromatic carbocycles. The van der Waals surface area contributed by atoms with Crippen molar-refractivity contribution in [2.45, 2.75) is 187 Å². The molecule has 0 spiro atoms. The molecule has 8 heteroatoms. The predicted molar refractivity (Wildman–Crippen MR) is 234 cm³/mol. The van der Waals surface area contributed by atoms with E-state index in [1.165, 1.54) is 77.0 Å². The van der Waals surface area contributed by atoms with E-state index in [1.54, 1.807) is 0 Å². The van der Waals surface area contributed by atoms with E-state index in [1.807, 2.05) is 21.1 Å². The van der Waals surface area contributed by atoms with Crippen LogP contribution in [0.3, 0.4) is 0 Å². The van der Waals surface area contributed by atoms with Crippen molar-refractivity contribution in [1.29, 1.82) is 0 Å². The number of carbonyl (C=O) groups is 3. The largest absolute Gasteiger partial charge is 0.477 e. The summed E-state index contributed by atoms with van der Waals surface area (Å²) in [6.07, 6.45) is 47.0. The number of nitrogens with zero attached hydrogens (tertiary/aromatic N) is 1. The summed E-state index contributed by atoms with van der Waals surface area (Å²) in [5.74, 6) is -1.55. The number of carboxylic acids is 1. The summed E-state index contributed by atoms with van der Waals surface area (Å²) in [6.45, 7) is 4.62. The van der Waals surface area contributed by atoms with Crippen LogP contribution in [0, 0.1) is 0 Å². The lowest BCUT2D eigenvalue weighted by Gasteiger charge is -2.31. The average molecular weight is 787 g/mol. The van der Waals surface area contributed by atoms with Crippen molar-refractivity contribution in [3.63, 3.8) is 0 Å². The summed E-state index contributed by atoms with van der Waals surface area (Å²) in [5.41, 5.74) is 0. The van der Waals surface area contributed by atoms with Gasteiger partial charge in [0, 0.05) is 19.3 Å². The third-order valence-electron chi connectivity index (χ3n) is 9.67. The number of hydrogen-bond donors (Lipinski definition) is 1. The minimum atomic E-state index is -0.886. The molecule has 0 aliphatic heterocycles. The summed E-state index contributed by atoms with van der Waals surface area (Å²) >= 11 is 0. The fraction of sp³-hybridized carbons (Fsp3) is 0.729. The normalized spacial score (nSPS) is 13.5. The van der Waals surface area contributed by atoms with Gasteiger partial charge in [-0.3, -0.25) is 9.59 Å². The number of aliphatic carboxylic acids is 1. The molecule has 0 aromatic rings. The molecule has 322 valence electrons. The first-order valence-corrected chi connectivity index (χ1v) is 22.3. The molecule has 2 atom stereocenters. The zero-order valence-electron chi connectivity index (χ0n) is 36.6. The van der Waals surface area contributed by atoms with Crippen LogP contribution in [0.1, 0.15) is 174 Å². The molecule has 0 fully saturated rings. The van der Waals surface area contributed by atoms with Crippen LogP contribution < -0.4 is 0 Å². The molecule has 0 aliphatic rings. The Morgan fingerprint density at radius 2 is 1.02 bits per heavy atom. The lowest BCUT2D eigenvalue weighted by molar-refractivity contribution is -0.887. The van der Waals surface area contributed by atoms with Gasteiger partial charge < -0.3 is 23.8 Å². The lowest BCUT2D eigenvalue weighted by Crippen LogP contribution is -2.50. The van der Waals surface area contributed by atoms with Gasteiger partial charge in [-0.2, -0.15) is 0 Å². The zero-order chi connectivity index (χ0) is 41.4. The second-order valence-corrected chi connectivity index (χ2v) is 16.0. The number of ether oxygens (including phenoxy) is 3. The number of quaternary nitrogens is 1. The fourth-order valence-corrected chi connectivity index (χ4v) is 6.16. The van der Waals surface area contributed by atoms with Crippen molar-refractivity contribution < 1.29 is 38.2 Å². The second kappa shape index (κ2) is 38.9. The van der Waals surface area contributed by atoms with E-state index < -0.39 is 18.1 Å². The van der Waals surface area contributed by atoms with Gasteiger partial charge in [-0.05, 0) is 70.6 Å². The first-order chi connectivity index (χ1) is 27.1. The number of carboxylic acid groups (broad SMARTS) is 1. The number of unbranched alkanes of at least 4 members (excludes halogenated alkanes) is 16. The highest BCUT2D eigenvalue weighted by atomic mass is 16.6. The Bertz CT molecular complexity index is 1100. The molecule has 1 N–H and O–H groups in total. The fourth-order valence-electron chi connectivity index (χ4n) is 6.16. The van der Waals surface area contributed by atoms with Crippen LogP contribution in [0.15, 0.2) is 60.8 Å². The van der Waals surface area contributed by atoms with Gasteiger partial charge in [0.15, 0.2) is 12.1 Å². The van der Waals surface area contributed by atoms with Gasteiger partial charge in [-0.15, -0.1) is 0 Å². The third-order valence-corrected chi connectivity index (χ3v) is 9.67. The molecule has 8 nitrogen and oxygen atoms in total. The molecule has 0 aromatic heterocycles. The minimum absolute atomic E-state index is 0.0351. The van der Waals surface area contributed by atoms with E-state index >= 15 is 0 Å². The Morgan fingerprint density at radius 1 is 0.554 bits per heavy atom. The highest BCUT2D eigenvalue weighted by Gasteiger charge is 2.31. The number of esters is 2. The molecule has 0 saturated heterocycles. The summed E-state index contributed by atoms with van der Waals surface area (Å²) in [6, 6.07) is -0.627. The summed E-state index contributed by atoms with van der Waals surface area (Å²) in [5, 5.41) is 9.62. The summed E-state index contributed by atoms with van der Waals surface area (Å²) in [4.78, 5) is 36.9. The Morgan fingerprint density at radius 3 is 1.59 bits per heavy atom. The van der Waals surface area contributed by atoms with Gasteiger partial charge in [-0.1, -0.05) is 145 Å². The molecular weight excluding hydrogens is 703 g/mol.